The van der Waals surface area contributed by atoms with E-state index in [1.807, 2.05) is 49.1 Å². The fraction of sp³-hybridized carbons (Fsp3) is 0.125. The first-order chi connectivity index (χ1) is 15.0. The van der Waals surface area contributed by atoms with E-state index in [0.29, 0.717) is 11.0 Å². The highest BCUT2D eigenvalue weighted by Gasteiger charge is 2.20. The Balaban J connectivity index is 1.70. The van der Waals surface area contributed by atoms with Crippen LogP contribution in [0.3, 0.4) is 0 Å². The van der Waals surface area contributed by atoms with Crippen molar-refractivity contribution < 1.29 is 9.90 Å². The Morgan fingerprint density at radius 3 is 2.65 bits per heavy atom. The summed E-state index contributed by atoms with van der Waals surface area (Å²) < 4.78 is 1.82. The van der Waals surface area contributed by atoms with E-state index >= 15 is 0 Å². The van der Waals surface area contributed by atoms with E-state index in [0.717, 1.165) is 33.7 Å². The van der Waals surface area contributed by atoms with Crippen molar-refractivity contribution in [2.24, 2.45) is 7.05 Å². The largest absolute Gasteiger partial charge is 0.478 e. The van der Waals surface area contributed by atoms with Crippen LogP contribution in [-0.2, 0) is 7.05 Å². The fourth-order valence-electron chi connectivity index (χ4n) is 4.19. The third kappa shape index (κ3) is 2.93. The molecule has 0 saturated carbocycles. The first kappa shape index (κ1) is 18.9. The zero-order valence-electron chi connectivity index (χ0n) is 17.4. The lowest BCUT2D eigenvalue weighted by molar-refractivity contribution is 0.0698. The number of carboxylic acids is 1. The van der Waals surface area contributed by atoms with E-state index in [4.69, 9.17) is 5.10 Å². The molecule has 154 valence electrons. The predicted octanol–water partition coefficient (Wildman–Crippen LogP) is 4.89. The number of aromatic nitrogens is 4. The molecule has 0 saturated heterocycles. The number of aromatic amines is 1. The average molecular weight is 411 g/mol. The summed E-state index contributed by atoms with van der Waals surface area (Å²) in [6.45, 7) is 2.09. The molecule has 0 fully saturated rings. The molecule has 7 nitrogen and oxygen atoms in total. The number of aryl methyl sites for hydroxylation is 2. The maximum Gasteiger partial charge on any atom is 0.337 e. The normalized spacial score (nSPS) is 11.3. The minimum atomic E-state index is -0.988. The molecule has 0 atom stereocenters. The minimum absolute atomic E-state index is 0.197. The van der Waals surface area contributed by atoms with Gasteiger partial charge in [0.15, 0.2) is 0 Å². The van der Waals surface area contributed by atoms with Crippen molar-refractivity contribution in [3.8, 4) is 11.4 Å². The van der Waals surface area contributed by atoms with Gasteiger partial charge in [0.25, 0.3) is 0 Å². The molecular weight excluding hydrogens is 390 g/mol. The molecule has 0 aliphatic carbocycles. The van der Waals surface area contributed by atoms with E-state index in [-0.39, 0.29) is 5.56 Å². The summed E-state index contributed by atoms with van der Waals surface area (Å²) in [6.07, 6.45) is 1.51. The van der Waals surface area contributed by atoms with Gasteiger partial charge in [0.05, 0.1) is 33.7 Å². The molecule has 0 radical (unpaired) electrons. The van der Waals surface area contributed by atoms with E-state index in [1.54, 1.807) is 0 Å². The molecular formula is C24H21N5O2. The molecule has 0 aliphatic rings. The fourth-order valence-corrected chi connectivity index (χ4v) is 4.19. The van der Waals surface area contributed by atoms with Crippen LogP contribution in [0.15, 0.2) is 60.8 Å². The van der Waals surface area contributed by atoms with Gasteiger partial charge < -0.3 is 15.0 Å². The molecule has 3 aromatic heterocycles. The van der Waals surface area contributed by atoms with Crippen LogP contribution < -0.4 is 4.90 Å². The Morgan fingerprint density at radius 1 is 1.10 bits per heavy atom. The van der Waals surface area contributed by atoms with Gasteiger partial charge in [-0.2, -0.15) is 5.10 Å². The van der Waals surface area contributed by atoms with Crippen molar-refractivity contribution in [3.63, 3.8) is 0 Å². The number of rotatable bonds is 4. The second-order valence-electron chi connectivity index (χ2n) is 7.60. The number of aromatic carboxylic acids is 1. The standard InChI is InChI=1S/C24H21N5O2/c1-14-7-4-5-9-19(14)28(2)20-10-6-8-15-22(20)27-29(3)23(15)18-13-17-21(26-18)16(24(30)31)11-12-25-17/h4-13,26H,1-3H3,(H,30,31). The van der Waals surface area contributed by atoms with Crippen LogP contribution in [0.4, 0.5) is 11.4 Å². The molecule has 3 heterocycles. The second kappa shape index (κ2) is 6.98. The lowest BCUT2D eigenvalue weighted by Crippen LogP contribution is -2.11. The summed E-state index contributed by atoms with van der Waals surface area (Å²) in [6, 6.07) is 17.7. The summed E-state index contributed by atoms with van der Waals surface area (Å²) >= 11 is 0. The predicted molar refractivity (Wildman–Crippen MR) is 122 cm³/mol. The SMILES string of the molecule is Cc1ccccc1N(C)c1cccc2c(-c3cc4nccc(C(=O)O)c4[nH]3)n(C)nc12. The summed E-state index contributed by atoms with van der Waals surface area (Å²) in [7, 11) is 3.93. The number of carboxylic acid groups (broad SMARTS) is 1. The number of hydrogen-bond donors (Lipinski definition) is 2. The number of fused-ring (bicyclic) bond motifs is 2. The number of H-pyrrole nitrogens is 1. The van der Waals surface area contributed by atoms with Gasteiger partial charge in [0, 0.05) is 31.4 Å². The maximum atomic E-state index is 11.6. The molecule has 5 aromatic rings. The number of hydrogen-bond acceptors (Lipinski definition) is 4. The number of para-hydroxylation sites is 1. The van der Waals surface area contributed by atoms with Gasteiger partial charge in [-0.25, -0.2) is 4.79 Å². The smallest absolute Gasteiger partial charge is 0.337 e. The minimum Gasteiger partial charge on any atom is -0.478 e. The van der Waals surface area contributed by atoms with Crippen LogP contribution in [-0.4, -0.2) is 37.9 Å². The van der Waals surface area contributed by atoms with Crippen molar-refractivity contribution in [1.29, 1.82) is 0 Å². The van der Waals surface area contributed by atoms with Gasteiger partial charge in [0.1, 0.15) is 5.52 Å². The molecule has 0 unspecified atom stereocenters. The maximum absolute atomic E-state index is 11.6. The molecule has 0 bridgehead atoms. The molecule has 0 spiro atoms. The highest BCUT2D eigenvalue weighted by molar-refractivity contribution is 6.05. The Morgan fingerprint density at radius 2 is 1.87 bits per heavy atom. The molecule has 5 rings (SSSR count). The van der Waals surface area contributed by atoms with E-state index < -0.39 is 5.97 Å². The van der Waals surface area contributed by atoms with Crippen LogP contribution in [0.5, 0.6) is 0 Å². The third-order valence-electron chi connectivity index (χ3n) is 5.69. The van der Waals surface area contributed by atoms with Gasteiger partial charge >= 0.3 is 5.97 Å². The average Bonchev–Trinajstić information content (AvgIpc) is 3.32. The third-order valence-corrected chi connectivity index (χ3v) is 5.69. The molecule has 7 heteroatoms. The highest BCUT2D eigenvalue weighted by atomic mass is 16.4. The van der Waals surface area contributed by atoms with Crippen LogP contribution in [0, 0.1) is 6.92 Å². The molecule has 0 amide bonds. The Kier molecular flexibility index (Phi) is 4.25. The number of pyridine rings is 1. The van der Waals surface area contributed by atoms with Gasteiger partial charge in [0.2, 0.25) is 0 Å². The Labute approximate surface area is 178 Å². The number of nitrogens with one attached hydrogen (secondary N) is 1. The summed E-state index contributed by atoms with van der Waals surface area (Å²) in [5, 5.41) is 15.3. The topological polar surface area (TPSA) is 87.0 Å². The van der Waals surface area contributed by atoms with E-state index in [9.17, 15) is 9.90 Å². The number of carbonyl (C=O) groups is 1. The van der Waals surface area contributed by atoms with Gasteiger partial charge in [-0.15, -0.1) is 0 Å². The van der Waals surface area contributed by atoms with Crippen molar-refractivity contribution in [3.05, 3.63) is 71.9 Å². The lowest BCUT2D eigenvalue weighted by Gasteiger charge is -2.21. The van der Waals surface area contributed by atoms with E-state index in [2.05, 4.69) is 40.0 Å². The summed E-state index contributed by atoms with van der Waals surface area (Å²) in [5.41, 5.74) is 7.13. The molecule has 2 N–H and O–H groups in total. The quantitative estimate of drug-likeness (QED) is 0.440. The van der Waals surface area contributed by atoms with Crippen LogP contribution in [0.25, 0.3) is 33.3 Å². The van der Waals surface area contributed by atoms with Crippen LogP contribution in [0.1, 0.15) is 15.9 Å². The van der Waals surface area contributed by atoms with E-state index in [1.165, 1.54) is 17.8 Å². The zero-order chi connectivity index (χ0) is 21.7. The van der Waals surface area contributed by atoms with Crippen LogP contribution >= 0.6 is 0 Å². The molecule has 31 heavy (non-hydrogen) atoms. The first-order valence-corrected chi connectivity index (χ1v) is 9.92. The van der Waals surface area contributed by atoms with Crippen molar-refractivity contribution >= 4 is 39.3 Å². The van der Waals surface area contributed by atoms with Crippen molar-refractivity contribution in [2.45, 2.75) is 6.92 Å². The Hall–Kier alpha value is -4.13. The highest BCUT2D eigenvalue weighted by Crippen LogP contribution is 2.37. The van der Waals surface area contributed by atoms with Gasteiger partial charge in [-0.1, -0.05) is 30.3 Å². The Bertz CT molecular complexity index is 1460. The second-order valence-corrected chi connectivity index (χ2v) is 7.60. The molecule has 2 aromatic carbocycles. The first-order valence-electron chi connectivity index (χ1n) is 9.92. The van der Waals surface area contributed by atoms with Gasteiger partial charge in [-0.3, -0.25) is 9.67 Å². The van der Waals surface area contributed by atoms with Crippen molar-refractivity contribution in [2.75, 3.05) is 11.9 Å². The van der Waals surface area contributed by atoms with Crippen LogP contribution in [0.2, 0.25) is 0 Å². The molecule has 0 aliphatic heterocycles. The summed E-state index contributed by atoms with van der Waals surface area (Å²) in [5.74, 6) is -0.988. The number of nitrogens with zero attached hydrogens (tertiary/aromatic N) is 4. The monoisotopic (exact) mass is 411 g/mol. The zero-order valence-corrected chi connectivity index (χ0v) is 17.4. The number of anilines is 2. The van der Waals surface area contributed by atoms with Gasteiger partial charge in [-0.05, 0) is 36.8 Å². The van der Waals surface area contributed by atoms with Crippen molar-refractivity contribution in [1.82, 2.24) is 19.7 Å². The number of benzene rings is 2. The summed E-state index contributed by atoms with van der Waals surface area (Å²) in [4.78, 5) is 21.3. The lowest BCUT2D eigenvalue weighted by atomic mass is 10.1.